The molecule has 0 N–H and O–H groups in total. The monoisotopic (exact) mass is 498 g/mol. The van der Waals surface area contributed by atoms with Crippen LogP contribution in [-0.4, -0.2) is 56.9 Å². The zero-order valence-electron chi connectivity index (χ0n) is 20.6. The van der Waals surface area contributed by atoms with Crippen LogP contribution < -0.4 is 4.74 Å². The number of sulfonamides is 1. The minimum atomic E-state index is -3.85. The highest BCUT2D eigenvalue weighted by molar-refractivity contribution is 7.89. The number of hydrogen-bond acceptors (Lipinski definition) is 6. The number of ether oxygens (including phenoxy) is 2. The van der Waals surface area contributed by atoms with Crippen LogP contribution in [0.1, 0.15) is 37.7 Å². The molecule has 0 unspecified atom stereocenters. The molecule has 1 heterocycles. The number of hydrogen-bond donors (Lipinski definition) is 0. The number of aryl methyl sites for hydroxylation is 2. The number of rotatable bonds is 10. The number of aromatic nitrogens is 1. The minimum Gasteiger partial charge on any atom is -0.495 e. The lowest BCUT2D eigenvalue weighted by atomic mass is 10.1. The Morgan fingerprint density at radius 2 is 1.69 bits per heavy atom. The molecule has 3 rings (SSSR count). The quantitative estimate of drug-likeness (QED) is 0.313. The maximum Gasteiger partial charge on any atom is 0.338 e. The third-order valence-electron chi connectivity index (χ3n) is 5.83. The SMILES string of the molecule is COc1ccc(C(=O)OCC(=O)c2cc(C)n(CCc3ccccc3)c2C)cc1S(=O)(=O)N(C)C. The van der Waals surface area contributed by atoms with Gasteiger partial charge in [0.2, 0.25) is 15.8 Å². The Morgan fingerprint density at radius 1 is 1.00 bits per heavy atom. The normalized spacial score (nSPS) is 11.5. The van der Waals surface area contributed by atoms with E-state index in [-0.39, 0.29) is 22.0 Å². The fourth-order valence-corrected chi connectivity index (χ4v) is 4.88. The van der Waals surface area contributed by atoms with Gasteiger partial charge < -0.3 is 14.0 Å². The summed E-state index contributed by atoms with van der Waals surface area (Å²) >= 11 is 0. The summed E-state index contributed by atoms with van der Waals surface area (Å²) in [5.74, 6) is -1.02. The summed E-state index contributed by atoms with van der Waals surface area (Å²) < 4.78 is 38.6. The molecule has 9 heteroatoms. The standard InChI is InChI=1S/C26H30N2O6S/c1-18-15-22(19(2)28(18)14-13-20-9-7-6-8-10-20)23(29)17-34-26(30)21-11-12-24(33-5)25(16-21)35(31,32)27(3)4/h6-12,15-16H,13-14,17H2,1-5H3. The summed E-state index contributed by atoms with van der Waals surface area (Å²) in [5, 5.41) is 0. The molecule has 1 aromatic heterocycles. The second-order valence-electron chi connectivity index (χ2n) is 8.32. The predicted molar refractivity (Wildman–Crippen MR) is 133 cm³/mol. The lowest BCUT2D eigenvalue weighted by Crippen LogP contribution is -2.23. The molecule has 0 aliphatic rings. The number of esters is 1. The van der Waals surface area contributed by atoms with Crippen molar-refractivity contribution >= 4 is 21.8 Å². The van der Waals surface area contributed by atoms with Crippen LogP contribution in [0, 0.1) is 13.8 Å². The molecule has 0 fully saturated rings. The Bertz CT molecular complexity index is 1330. The van der Waals surface area contributed by atoms with Gasteiger partial charge >= 0.3 is 5.97 Å². The molecule has 0 atom stereocenters. The van der Waals surface area contributed by atoms with Crippen molar-refractivity contribution in [2.75, 3.05) is 27.8 Å². The summed E-state index contributed by atoms with van der Waals surface area (Å²) in [6.07, 6.45) is 0.829. The number of methoxy groups -OCH3 is 1. The first kappa shape index (κ1) is 26.2. The van der Waals surface area contributed by atoms with Gasteiger partial charge in [0.15, 0.2) is 6.61 Å². The predicted octanol–water partition coefficient (Wildman–Crippen LogP) is 3.65. The highest BCUT2D eigenvalue weighted by Gasteiger charge is 2.25. The average molecular weight is 499 g/mol. The number of nitrogens with zero attached hydrogens (tertiary/aromatic N) is 2. The van der Waals surface area contributed by atoms with Crippen molar-refractivity contribution < 1.29 is 27.5 Å². The van der Waals surface area contributed by atoms with E-state index in [2.05, 4.69) is 16.7 Å². The summed E-state index contributed by atoms with van der Waals surface area (Å²) in [6.45, 7) is 4.08. The molecular weight excluding hydrogens is 468 g/mol. The molecule has 8 nitrogen and oxygen atoms in total. The van der Waals surface area contributed by atoms with Crippen molar-refractivity contribution in [3.63, 3.8) is 0 Å². The van der Waals surface area contributed by atoms with Gasteiger partial charge in [0.1, 0.15) is 10.6 Å². The van der Waals surface area contributed by atoms with E-state index in [1.54, 1.807) is 6.07 Å². The lowest BCUT2D eigenvalue weighted by molar-refractivity contribution is 0.0474. The number of ketones is 1. The molecule has 186 valence electrons. The smallest absolute Gasteiger partial charge is 0.338 e. The molecule has 35 heavy (non-hydrogen) atoms. The summed E-state index contributed by atoms with van der Waals surface area (Å²) in [5.41, 5.74) is 3.46. The molecule has 2 aromatic carbocycles. The average Bonchev–Trinajstić information content (AvgIpc) is 3.14. The van der Waals surface area contributed by atoms with E-state index in [0.717, 1.165) is 28.7 Å². The van der Waals surface area contributed by atoms with Gasteiger partial charge in [-0.05, 0) is 50.1 Å². The van der Waals surface area contributed by atoms with Crippen LogP contribution in [0.2, 0.25) is 0 Å². The van der Waals surface area contributed by atoms with E-state index >= 15 is 0 Å². The van der Waals surface area contributed by atoms with Crippen LogP contribution in [-0.2, 0) is 27.7 Å². The summed E-state index contributed by atoms with van der Waals surface area (Å²) in [6, 6.07) is 15.9. The number of carbonyl (C=O) groups is 2. The fourth-order valence-electron chi connectivity index (χ4n) is 3.81. The van der Waals surface area contributed by atoms with E-state index in [1.807, 2.05) is 32.0 Å². The van der Waals surface area contributed by atoms with E-state index in [0.29, 0.717) is 5.56 Å². The summed E-state index contributed by atoms with van der Waals surface area (Å²) in [7, 11) is 0.259. The van der Waals surface area contributed by atoms with Gasteiger partial charge in [0.05, 0.1) is 12.7 Å². The van der Waals surface area contributed by atoms with Crippen molar-refractivity contribution in [3.05, 3.63) is 82.7 Å². The van der Waals surface area contributed by atoms with Gasteiger partial charge in [0.25, 0.3) is 0 Å². The maximum absolute atomic E-state index is 12.8. The zero-order chi connectivity index (χ0) is 25.8. The molecule has 3 aromatic rings. The highest BCUT2D eigenvalue weighted by atomic mass is 32.2. The van der Waals surface area contributed by atoms with Gasteiger partial charge in [-0.3, -0.25) is 4.79 Å². The Balaban J connectivity index is 1.71. The topological polar surface area (TPSA) is 94.9 Å². The first-order chi connectivity index (χ1) is 16.6. The van der Waals surface area contributed by atoms with E-state index in [4.69, 9.17) is 9.47 Å². The van der Waals surface area contributed by atoms with Crippen LogP contribution >= 0.6 is 0 Å². The molecule has 0 saturated carbocycles. The van der Waals surface area contributed by atoms with Crippen molar-refractivity contribution in [1.29, 1.82) is 0 Å². The van der Waals surface area contributed by atoms with Gasteiger partial charge in [-0.25, -0.2) is 17.5 Å². The van der Waals surface area contributed by atoms with E-state index < -0.39 is 22.6 Å². The van der Waals surface area contributed by atoms with Gasteiger partial charge in [-0.15, -0.1) is 0 Å². The third kappa shape index (κ3) is 5.80. The number of carbonyl (C=O) groups excluding carboxylic acids is 2. The second kappa shape index (κ2) is 10.9. The van der Waals surface area contributed by atoms with E-state index in [9.17, 15) is 18.0 Å². The molecule has 0 amide bonds. The Hall–Kier alpha value is -3.43. The van der Waals surface area contributed by atoms with Crippen LogP contribution in [0.3, 0.4) is 0 Å². The molecule has 0 aliphatic heterocycles. The first-order valence-electron chi connectivity index (χ1n) is 11.1. The maximum atomic E-state index is 12.8. The van der Waals surface area contributed by atoms with Crippen molar-refractivity contribution in [2.24, 2.45) is 0 Å². The van der Waals surface area contributed by atoms with Gasteiger partial charge in [-0.1, -0.05) is 30.3 Å². The molecule has 0 radical (unpaired) electrons. The number of benzene rings is 2. The van der Waals surface area contributed by atoms with Crippen LogP contribution in [0.5, 0.6) is 5.75 Å². The van der Waals surface area contributed by atoms with E-state index in [1.165, 1.54) is 45.0 Å². The van der Waals surface area contributed by atoms with Crippen molar-refractivity contribution in [3.8, 4) is 5.75 Å². The molecule has 0 bridgehead atoms. The van der Waals surface area contributed by atoms with Gasteiger partial charge in [0, 0.05) is 37.6 Å². The van der Waals surface area contributed by atoms with Crippen LogP contribution in [0.15, 0.2) is 59.5 Å². The summed E-state index contributed by atoms with van der Waals surface area (Å²) in [4.78, 5) is 25.3. The Morgan fingerprint density at radius 3 is 2.31 bits per heavy atom. The Labute approximate surface area is 206 Å². The van der Waals surface area contributed by atoms with Crippen LogP contribution in [0.4, 0.5) is 0 Å². The third-order valence-corrected chi connectivity index (χ3v) is 7.67. The first-order valence-corrected chi connectivity index (χ1v) is 12.5. The van der Waals surface area contributed by atoms with Crippen molar-refractivity contribution in [2.45, 2.75) is 31.7 Å². The van der Waals surface area contributed by atoms with Crippen molar-refractivity contribution in [1.82, 2.24) is 8.87 Å². The van der Waals surface area contributed by atoms with Crippen LogP contribution in [0.25, 0.3) is 0 Å². The second-order valence-corrected chi connectivity index (χ2v) is 10.4. The molecule has 0 spiro atoms. The minimum absolute atomic E-state index is 0.00681. The zero-order valence-corrected chi connectivity index (χ0v) is 21.4. The fraction of sp³-hybridized carbons (Fsp3) is 0.308. The van der Waals surface area contributed by atoms with Gasteiger partial charge in [-0.2, -0.15) is 0 Å². The highest BCUT2D eigenvalue weighted by Crippen LogP contribution is 2.27. The lowest BCUT2D eigenvalue weighted by Gasteiger charge is -2.15. The largest absolute Gasteiger partial charge is 0.495 e. The molecular formula is C26H30N2O6S. The molecule has 0 saturated heterocycles. The Kier molecular flexibility index (Phi) is 8.14. The number of Topliss-reactive ketones (excluding diaryl/α,β-unsaturated/α-hetero) is 1. The molecule has 0 aliphatic carbocycles.